The number of nitrogens with zero attached hydrogens (tertiary/aromatic N) is 2. The number of rotatable bonds is 7. The van der Waals surface area contributed by atoms with Crippen molar-refractivity contribution in [1.29, 1.82) is 0 Å². The normalized spacial score (nSPS) is 20.8. The maximum absolute atomic E-state index is 12.4. The molecule has 2 N–H and O–H groups in total. The van der Waals surface area contributed by atoms with Gasteiger partial charge in [-0.2, -0.15) is 0 Å². The molecular weight excluding hydrogens is 590 g/mol. The molecule has 2 aromatic carbocycles. The third kappa shape index (κ3) is 5.86. The molecule has 1 saturated heterocycles. The molecule has 238 valence electrons. The number of morpholine rings is 1. The van der Waals surface area contributed by atoms with E-state index in [2.05, 4.69) is 21.6 Å². The molecule has 3 aromatic rings. The summed E-state index contributed by atoms with van der Waals surface area (Å²) in [4.78, 5) is 14.8. The number of fused-ring (bicyclic) bond motifs is 5. The molecule has 3 heterocycles. The second kappa shape index (κ2) is 12.2. The lowest BCUT2D eigenvalue weighted by molar-refractivity contribution is 0.0459. The van der Waals surface area contributed by atoms with Gasteiger partial charge in [-0.3, -0.25) is 4.79 Å². The van der Waals surface area contributed by atoms with Crippen LogP contribution in [0, 0.1) is 5.92 Å². The molecule has 0 spiro atoms. The van der Waals surface area contributed by atoms with Crippen LogP contribution in [0.25, 0.3) is 22.2 Å². The number of ether oxygens (including phenoxy) is 3. The zero-order valence-corrected chi connectivity index (χ0v) is 26.6. The number of allylic oxidation sites excluding steroid dienone is 3. The van der Waals surface area contributed by atoms with E-state index in [-0.39, 0.29) is 5.92 Å². The lowest BCUT2D eigenvalue weighted by Crippen LogP contribution is -2.39. The third-order valence-electron chi connectivity index (χ3n) is 9.79. The van der Waals surface area contributed by atoms with Crippen molar-refractivity contribution >= 4 is 26.6 Å². The highest BCUT2D eigenvalue weighted by molar-refractivity contribution is 7.94. The predicted octanol–water partition coefficient (Wildman–Crippen LogP) is 5.39. The molecule has 1 saturated carbocycles. The van der Waals surface area contributed by atoms with Crippen molar-refractivity contribution < 1.29 is 27.4 Å². The van der Waals surface area contributed by atoms with Crippen LogP contribution in [0.4, 0.5) is 0 Å². The number of aromatic nitrogens is 1. The molecule has 4 aliphatic rings. The molecule has 9 nitrogen and oxygen atoms in total. The average molecular weight is 632 g/mol. The summed E-state index contributed by atoms with van der Waals surface area (Å²) >= 11 is 0. The Labute approximate surface area is 264 Å². The number of amides is 1. The van der Waals surface area contributed by atoms with E-state index in [9.17, 15) is 13.2 Å². The Hall–Kier alpha value is -3.76. The molecular formula is C35H41N3O6S. The molecule has 0 radical (unpaired) electrons. The van der Waals surface area contributed by atoms with Crippen LogP contribution in [0.2, 0.25) is 0 Å². The van der Waals surface area contributed by atoms with Crippen molar-refractivity contribution in [3.63, 3.8) is 0 Å². The van der Waals surface area contributed by atoms with Gasteiger partial charge in [-0.05, 0) is 67.2 Å². The summed E-state index contributed by atoms with van der Waals surface area (Å²) in [6.07, 6.45) is 11.3. The minimum absolute atomic E-state index is 0.0996. The lowest BCUT2D eigenvalue weighted by Gasteiger charge is -2.36. The summed E-state index contributed by atoms with van der Waals surface area (Å²) in [5, 5.41) is 1.18. The van der Waals surface area contributed by atoms with Gasteiger partial charge < -0.3 is 29.4 Å². The van der Waals surface area contributed by atoms with E-state index in [4.69, 9.17) is 19.9 Å². The van der Waals surface area contributed by atoms with E-state index in [1.807, 2.05) is 30.3 Å². The van der Waals surface area contributed by atoms with E-state index in [1.165, 1.54) is 36.5 Å². The molecule has 1 aromatic heterocycles. The monoisotopic (exact) mass is 631 g/mol. The highest BCUT2D eigenvalue weighted by Gasteiger charge is 2.31. The second-order valence-electron chi connectivity index (χ2n) is 12.7. The summed E-state index contributed by atoms with van der Waals surface area (Å²) < 4.78 is 45.5. The predicted molar refractivity (Wildman–Crippen MR) is 174 cm³/mol. The van der Waals surface area contributed by atoms with Gasteiger partial charge in [0, 0.05) is 64.0 Å². The van der Waals surface area contributed by atoms with Gasteiger partial charge in [0.05, 0.1) is 32.1 Å². The molecule has 1 unspecified atom stereocenters. The first kappa shape index (κ1) is 29.9. The summed E-state index contributed by atoms with van der Waals surface area (Å²) in [6, 6.07) is 11.9. The van der Waals surface area contributed by atoms with Crippen LogP contribution in [0.3, 0.4) is 0 Å². The van der Waals surface area contributed by atoms with Gasteiger partial charge in [0.1, 0.15) is 18.1 Å². The van der Waals surface area contributed by atoms with Crippen LogP contribution in [-0.2, 0) is 21.1 Å². The highest BCUT2D eigenvalue weighted by Crippen LogP contribution is 2.48. The van der Waals surface area contributed by atoms with Gasteiger partial charge in [-0.25, -0.2) is 8.42 Å². The Morgan fingerprint density at radius 1 is 1.00 bits per heavy atom. The number of benzene rings is 2. The Morgan fingerprint density at radius 2 is 1.80 bits per heavy atom. The van der Waals surface area contributed by atoms with Crippen molar-refractivity contribution in [1.82, 2.24) is 9.47 Å². The van der Waals surface area contributed by atoms with Crippen molar-refractivity contribution in [2.24, 2.45) is 11.7 Å². The quantitative estimate of drug-likeness (QED) is 0.372. The number of carbonyl (C=O) groups is 1. The van der Waals surface area contributed by atoms with E-state index in [0.717, 1.165) is 54.2 Å². The summed E-state index contributed by atoms with van der Waals surface area (Å²) in [5.41, 5.74) is 11.8. The fraction of sp³-hybridized carbons (Fsp3) is 0.457. The maximum Gasteiger partial charge on any atom is 0.248 e. The Morgan fingerprint density at radius 3 is 2.56 bits per heavy atom. The zero-order valence-electron chi connectivity index (χ0n) is 25.8. The van der Waals surface area contributed by atoms with Crippen LogP contribution in [0.15, 0.2) is 59.2 Å². The number of sulfone groups is 1. The van der Waals surface area contributed by atoms with Crippen molar-refractivity contribution in [2.75, 3.05) is 45.8 Å². The van der Waals surface area contributed by atoms with Crippen molar-refractivity contribution in [3.05, 3.63) is 70.3 Å². The largest absolute Gasteiger partial charge is 0.493 e. The molecule has 45 heavy (non-hydrogen) atoms. The van der Waals surface area contributed by atoms with Crippen LogP contribution in [0.5, 0.6) is 11.5 Å². The van der Waals surface area contributed by atoms with E-state index in [1.54, 1.807) is 6.08 Å². The van der Waals surface area contributed by atoms with Gasteiger partial charge in [-0.1, -0.05) is 25.3 Å². The Kier molecular flexibility index (Phi) is 8.12. The van der Waals surface area contributed by atoms with Crippen molar-refractivity contribution in [2.45, 2.75) is 51.0 Å². The average Bonchev–Trinajstić information content (AvgIpc) is 3.25. The standard InChI is InChI=1S/C35H41N3O6S/c1-45(40,41)27-9-12-30(37-13-16-42-17-14-37)25(19-27)22-44-26-8-11-29-32(21-26)43-18-15-38-31-20-24(35(36)39)7-10-28(31)33(34(29)38)23-5-3-2-4-6-23/h7-12,20-21,23,25H,2-6,13-19,22H2,1H3,(H2,36,39). The molecule has 2 aliphatic carbocycles. The topological polar surface area (TPSA) is 113 Å². The van der Waals surface area contributed by atoms with Crippen LogP contribution in [-0.4, -0.2) is 69.6 Å². The number of hydrogen-bond acceptors (Lipinski definition) is 7. The molecule has 2 aliphatic heterocycles. The molecule has 1 atom stereocenters. The minimum atomic E-state index is -3.30. The van der Waals surface area contributed by atoms with E-state index in [0.29, 0.717) is 61.5 Å². The maximum atomic E-state index is 12.4. The van der Waals surface area contributed by atoms with E-state index >= 15 is 0 Å². The Balaban J connectivity index is 1.22. The van der Waals surface area contributed by atoms with Gasteiger partial charge in [0.2, 0.25) is 5.91 Å². The fourth-order valence-corrected chi connectivity index (χ4v) is 8.36. The second-order valence-corrected chi connectivity index (χ2v) is 14.7. The fourth-order valence-electron chi connectivity index (χ4n) is 7.54. The molecule has 1 amide bonds. The number of hydrogen-bond donors (Lipinski definition) is 1. The first-order chi connectivity index (χ1) is 21.8. The molecule has 2 fully saturated rings. The minimum Gasteiger partial charge on any atom is -0.493 e. The summed E-state index contributed by atoms with van der Waals surface area (Å²) in [7, 11) is -3.30. The molecule has 7 rings (SSSR count). The SMILES string of the molecule is CS(=O)(=O)C1=CC=C(N2CCOCC2)C(COc2ccc3c(c2)OCCn2c-3c(C3CCCCC3)c3ccc(C(N)=O)cc32)C1. The first-order valence-electron chi connectivity index (χ1n) is 16.1. The number of primary amides is 1. The van der Waals surface area contributed by atoms with Gasteiger partial charge in [0.15, 0.2) is 9.84 Å². The van der Waals surface area contributed by atoms with Crippen LogP contribution < -0.4 is 15.2 Å². The highest BCUT2D eigenvalue weighted by atomic mass is 32.2. The van der Waals surface area contributed by atoms with Crippen molar-refractivity contribution in [3.8, 4) is 22.8 Å². The van der Waals surface area contributed by atoms with E-state index < -0.39 is 15.7 Å². The third-order valence-corrected chi connectivity index (χ3v) is 11.0. The molecule has 0 bridgehead atoms. The molecule has 10 heteroatoms. The van der Waals surface area contributed by atoms with Gasteiger partial charge in [-0.15, -0.1) is 0 Å². The number of nitrogens with two attached hydrogens (primary N) is 1. The first-order valence-corrected chi connectivity index (χ1v) is 18.0. The van der Waals surface area contributed by atoms with Gasteiger partial charge in [0.25, 0.3) is 0 Å². The number of carbonyl (C=O) groups excluding carboxylic acids is 1. The zero-order chi connectivity index (χ0) is 31.1. The summed E-state index contributed by atoms with van der Waals surface area (Å²) in [5.74, 6) is 1.36. The lowest BCUT2D eigenvalue weighted by atomic mass is 9.81. The summed E-state index contributed by atoms with van der Waals surface area (Å²) in [6.45, 7) is 4.33. The smallest absolute Gasteiger partial charge is 0.248 e. The van der Waals surface area contributed by atoms with Gasteiger partial charge >= 0.3 is 0 Å². The Bertz CT molecular complexity index is 1800. The van der Waals surface area contributed by atoms with Crippen LogP contribution in [0.1, 0.15) is 60.4 Å². The van der Waals surface area contributed by atoms with Crippen LogP contribution >= 0.6 is 0 Å².